The van der Waals surface area contributed by atoms with E-state index in [-0.39, 0.29) is 6.17 Å². The maximum absolute atomic E-state index is 4.42. The van der Waals surface area contributed by atoms with Gasteiger partial charge >= 0.3 is 0 Å². The van der Waals surface area contributed by atoms with Gasteiger partial charge in [0.25, 0.3) is 0 Å². The van der Waals surface area contributed by atoms with Gasteiger partial charge in [-0.3, -0.25) is 0 Å². The molecular weight excluding hydrogens is 360 g/mol. The molecule has 0 saturated heterocycles. The van der Waals surface area contributed by atoms with Crippen LogP contribution in [-0.2, 0) is 6.54 Å². The molecule has 5 rings (SSSR count). The molecule has 0 radical (unpaired) electrons. The molecule has 0 amide bonds. The lowest BCUT2D eigenvalue weighted by molar-refractivity contribution is -0.687. The third-order valence-corrected chi connectivity index (χ3v) is 4.94. The molecule has 0 aliphatic carbocycles. The minimum atomic E-state index is -0.110. The summed E-state index contributed by atoms with van der Waals surface area (Å²) in [5.74, 6) is 0. The Hall–Kier alpha value is -3.93. The second kappa shape index (κ2) is 7.59. The number of benzene rings is 2. The van der Waals surface area contributed by atoms with E-state index in [1.807, 2.05) is 40.0 Å². The highest BCUT2D eigenvalue weighted by Crippen LogP contribution is 2.21. The molecule has 3 aromatic heterocycles. The maximum atomic E-state index is 4.42. The third-order valence-electron chi connectivity index (χ3n) is 4.94. The molecule has 5 aromatic rings. The fourth-order valence-corrected chi connectivity index (χ4v) is 3.53. The molecule has 0 atom stereocenters. The highest BCUT2D eigenvalue weighted by molar-refractivity contribution is 5.35. The molecule has 0 spiro atoms. The predicted octanol–water partition coefficient (Wildman–Crippen LogP) is 3.30. The molecule has 0 bridgehead atoms. The summed E-state index contributed by atoms with van der Waals surface area (Å²) in [7, 11) is 0. The standard InChI is InChI=1S/C23H21N6/c1-2-6-20(7-3-1)18-26-16-17-27(19-26)22-10-8-21(9-11-22)23(28-14-4-12-24-28)29-15-5-13-25-29/h1-17,19,23H,18H2/q+1. The van der Waals surface area contributed by atoms with Gasteiger partial charge in [-0.15, -0.1) is 0 Å². The average Bonchev–Trinajstić information content (AvgIpc) is 3.53. The number of aromatic nitrogens is 6. The van der Waals surface area contributed by atoms with Crippen molar-refractivity contribution >= 4 is 0 Å². The Balaban J connectivity index is 1.40. The Morgan fingerprint density at radius 1 is 0.759 bits per heavy atom. The van der Waals surface area contributed by atoms with Crippen molar-refractivity contribution in [3.63, 3.8) is 0 Å². The van der Waals surface area contributed by atoms with Crippen LogP contribution in [0.1, 0.15) is 17.3 Å². The summed E-state index contributed by atoms with van der Waals surface area (Å²) in [5.41, 5.74) is 3.51. The Labute approximate surface area is 168 Å². The smallest absolute Gasteiger partial charge is 0.244 e. The molecular formula is C23H21N6+. The largest absolute Gasteiger partial charge is 0.249 e. The van der Waals surface area contributed by atoms with Gasteiger partial charge in [-0.05, 0) is 35.4 Å². The van der Waals surface area contributed by atoms with E-state index in [0.29, 0.717) is 0 Å². The molecule has 2 aromatic carbocycles. The molecule has 0 aliphatic rings. The van der Waals surface area contributed by atoms with Crippen molar-refractivity contribution in [2.75, 3.05) is 0 Å². The Morgan fingerprint density at radius 3 is 2.07 bits per heavy atom. The molecule has 142 valence electrons. The SMILES string of the molecule is c1ccc(C[n+]2ccn(-c3ccc(C(n4cccn4)n4cccn4)cc3)c2)cc1. The quantitative estimate of drug-likeness (QED) is 0.424. The van der Waals surface area contributed by atoms with Crippen LogP contribution in [-0.4, -0.2) is 24.1 Å². The average molecular weight is 381 g/mol. The van der Waals surface area contributed by atoms with Crippen molar-refractivity contribution in [2.24, 2.45) is 0 Å². The van der Waals surface area contributed by atoms with Crippen LogP contribution in [0.5, 0.6) is 0 Å². The molecule has 0 saturated carbocycles. The highest BCUT2D eigenvalue weighted by atomic mass is 15.4. The van der Waals surface area contributed by atoms with Crippen LogP contribution in [0.25, 0.3) is 5.69 Å². The Morgan fingerprint density at radius 2 is 1.45 bits per heavy atom. The van der Waals surface area contributed by atoms with E-state index in [4.69, 9.17) is 0 Å². The van der Waals surface area contributed by atoms with Gasteiger partial charge < -0.3 is 0 Å². The Kier molecular flexibility index (Phi) is 4.50. The van der Waals surface area contributed by atoms with Gasteiger partial charge in [0.2, 0.25) is 6.33 Å². The topological polar surface area (TPSA) is 44.5 Å². The lowest BCUT2D eigenvalue weighted by Crippen LogP contribution is -2.31. The molecule has 29 heavy (non-hydrogen) atoms. The highest BCUT2D eigenvalue weighted by Gasteiger charge is 2.17. The van der Waals surface area contributed by atoms with E-state index in [9.17, 15) is 0 Å². The van der Waals surface area contributed by atoms with E-state index in [1.54, 1.807) is 12.4 Å². The summed E-state index contributed by atoms with van der Waals surface area (Å²) in [6.45, 7) is 0.854. The minimum Gasteiger partial charge on any atom is -0.244 e. The molecule has 0 unspecified atom stereocenters. The first-order chi connectivity index (χ1) is 14.4. The van der Waals surface area contributed by atoms with Gasteiger partial charge in [0, 0.05) is 24.8 Å². The van der Waals surface area contributed by atoms with Gasteiger partial charge in [-0.25, -0.2) is 18.5 Å². The van der Waals surface area contributed by atoms with Crippen molar-refractivity contribution in [1.29, 1.82) is 0 Å². The summed E-state index contributed by atoms with van der Waals surface area (Å²) in [6.07, 6.45) is 13.7. The van der Waals surface area contributed by atoms with Gasteiger partial charge in [-0.2, -0.15) is 10.2 Å². The first-order valence-electron chi connectivity index (χ1n) is 9.56. The van der Waals surface area contributed by atoms with E-state index in [2.05, 4.69) is 86.6 Å². The fourth-order valence-electron chi connectivity index (χ4n) is 3.53. The van der Waals surface area contributed by atoms with E-state index in [0.717, 1.165) is 17.8 Å². The third kappa shape index (κ3) is 3.60. The zero-order valence-electron chi connectivity index (χ0n) is 15.9. The molecule has 0 N–H and O–H groups in total. The molecule has 6 nitrogen and oxygen atoms in total. The fraction of sp³-hybridized carbons (Fsp3) is 0.0870. The van der Waals surface area contributed by atoms with E-state index < -0.39 is 0 Å². The summed E-state index contributed by atoms with van der Waals surface area (Å²) < 4.78 is 8.13. The number of imidazole rings is 1. The molecule has 0 aliphatic heterocycles. The van der Waals surface area contributed by atoms with Gasteiger partial charge in [0.15, 0.2) is 6.17 Å². The molecule has 6 heteroatoms. The number of hydrogen-bond donors (Lipinski definition) is 0. The van der Waals surface area contributed by atoms with Crippen LogP contribution < -0.4 is 4.57 Å². The van der Waals surface area contributed by atoms with Gasteiger partial charge in [0.1, 0.15) is 24.6 Å². The van der Waals surface area contributed by atoms with Crippen LogP contribution in [0.2, 0.25) is 0 Å². The summed E-state index contributed by atoms with van der Waals surface area (Å²) >= 11 is 0. The van der Waals surface area contributed by atoms with Crippen molar-refractivity contribution in [3.05, 3.63) is 121 Å². The second-order valence-corrected chi connectivity index (χ2v) is 6.92. The van der Waals surface area contributed by atoms with Crippen LogP contribution in [0, 0.1) is 0 Å². The minimum absolute atomic E-state index is 0.110. The lowest BCUT2D eigenvalue weighted by atomic mass is 10.1. The van der Waals surface area contributed by atoms with Gasteiger partial charge in [-0.1, -0.05) is 42.5 Å². The number of rotatable bonds is 6. The summed E-state index contributed by atoms with van der Waals surface area (Å²) in [6, 6.07) is 22.8. The van der Waals surface area contributed by atoms with E-state index >= 15 is 0 Å². The zero-order chi connectivity index (χ0) is 19.5. The Bertz CT molecular complexity index is 1120. The van der Waals surface area contributed by atoms with Crippen molar-refractivity contribution < 1.29 is 4.57 Å². The summed E-state index contributed by atoms with van der Waals surface area (Å²) in [5, 5.41) is 8.84. The van der Waals surface area contributed by atoms with Crippen LogP contribution in [0.3, 0.4) is 0 Å². The first-order valence-corrected chi connectivity index (χ1v) is 9.56. The van der Waals surface area contributed by atoms with Gasteiger partial charge in [0.05, 0.1) is 0 Å². The normalized spacial score (nSPS) is 11.2. The number of hydrogen-bond acceptors (Lipinski definition) is 2. The lowest BCUT2D eigenvalue weighted by Gasteiger charge is -2.18. The van der Waals surface area contributed by atoms with Crippen LogP contribution in [0.4, 0.5) is 0 Å². The zero-order valence-corrected chi connectivity index (χ0v) is 15.9. The van der Waals surface area contributed by atoms with Crippen molar-refractivity contribution in [3.8, 4) is 5.69 Å². The monoisotopic (exact) mass is 381 g/mol. The maximum Gasteiger partial charge on any atom is 0.249 e. The van der Waals surface area contributed by atoms with Crippen LogP contribution >= 0.6 is 0 Å². The van der Waals surface area contributed by atoms with E-state index in [1.165, 1.54) is 5.56 Å². The molecule has 3 heterocycles. The van der Waals surface area contributed by atoms with Crippen molar-refractivity contribution in [2.45, 2.75) is 12.7 Å². The number of nitrogens with zero attached hydrogens (tertiary/aromatic N) is 6. The predicted molar refractivity (Wildman–Crippen MR) is 109 cm³/mol. The van der Waals surface area contributed by atoms with Crippen LogP contribution in [0.15, 0.2) is 110 Å². The van der Waals surface area contributed by atoms with Crippen molar-refractivity contribution in [1.82, 2.24) is 24.1 Å². The summed E-state index contributed by atoms with van der Waals surface area (Å²) in [4.78, 5) is 0. The molecule has 0 fully saturated rings. The second-order valence-electron chi connectivity index (χ2n) is 6.92. The first kappa shape index (κ1) is 17.2.